The van der Waals surface area contributed by atoms with Crippen LogP contribution in [0.3, 0.4) is 0 Å². The maximum Gasteiger partial charge on any atom is 0.339 e. The van der Waals surface area contributed by atoms with Crippen LogP contribution in [0.1, 0.15) is 35.8 Å². The van der Waals surface area contributed by atoms with Crippen LogP contribution >= 0.6 is 0 Å². The average Bonchev–Trinajstić information content (AvgIpc) is 2.66. The Morgan fingerprint density at radius 2 is 1.65 bits per heavy atom. The summed E-state index contributed by atoms with van der Waals surface area (Å²) in [7, 11) is -3.57. The predicted octanol–water partition coefficient (Wildman–Crippen LogP) is 2.51. The Balaban J connectivity index is 2.00. The van der Waals surface area contributed by atoms with Crippen molar-refractivity contribution in [3.63, 3.8) is 0 Å². The molecule has 1 amide bonds. The minimum atomic E-state index is -3.57. The lowest BCUT2D eigenvalue weighted by Gasteiger charge is -2.14. The van der Waals surface area contributed by atoms with Crippen LogP contribution in [0, 0.1) is 0 Å². The zero-order chi connectivity index (χ0) is 19.2. The van der Waals surface area contributed by atoms with Gasteiger partial charge < -0.3 is 10.1 Å². The number of hydrogen-bond acceptors (Lipinski definition) is 5. The second kappa shape index (κ2) is 8.62. The van der Waals surface area contributed by atoms with Crippen molar-refractivity contribution >= 4 is 21.7 Å². The van der Waals surface area contributed by atoms with E-state index in [4.69, 9.17) is 4.74 Å². The van der Waals surface area contributed by atoms with E-state index in [1.807, 2.05) is 37.3 Å². The summed E-state index contributed by atoms with van der Waals surface area (Å²) in [5.41, 5.74) is 0.852. The maximum atomic E-state index is 12.2. The van der Waals surface area contributed by atoms with Crippen LogP contribution in [-0.4, -0.2) is 32.7 Å². The number of nitrogens with one attached hydrogen (secondary N) is 1. The van der Waals surface area contributed by atoms with Crippen molar-refractivity contribution in [1.82, 2.24) is 5.32 Å². The first-order valence-corrected chi connectivity index (χ1v) is 9.83. The number of benzene rings is 2. The summed E-state index contributed by atoms with van der Waals surface area (Å²) >= 11 is 0. The fraction of sp³-hybridized carbons (Fsp3) is 0.263. The topological polar surface area (TPSA) is 89.5 Å². The van der Waals surface area contributed by atoms with Gasteiger partial charge >= 0.3 is 5.97 Å². The zero-order valence-electron chi connectivity index (χ0n) is 14.6. The summed E-state index contributed by atoms with van der Waals surface area (Å²) in [6.45, 7) is 2.82. The van der Waals surface area contributed by atoms with E-state index in [0.29, 0.717) is 0 Å². The standard InChI is InChI=1S/C19H21NO5S/c1-3-26(23,24)17-12-8-7-11-16(17)19(22)25-13-18(21)20-14(2)15-9-5-4-6-10-15/h4-12,14H,3,13H2,1-2H3,(H,20,21)/t14-/m1/s1. The van der Waals surface area contributed by atoms with Gasteiger partial charge in [0, 0.05) is 0 Å². The first-order chi connectivity index (χ1) is 12.3. The third-order valence-corrected chi connectivity index (χ3v) is 5.62. The Labute approximate surface area is 153 Å². The number of carbonyl (C=O) groups is 2. The van der Waals surface area contributed by atoms with Gasteiger partial charge in [0.25, 0.3) is 5.91 Å². The molecule has 2 aromatic rings. The highest BCUT2D eigenvalue weighted by atomic mass is 32.2. The number of sulfone groups is 1. The van der Waals surface area contributed by atoms with E-state index in [2.05, 4.69) is 5.32 Å². The third-order valence-electron chi connectivity index (χ3n) is 3.83. The molecule has 6 nitrogen and oxygen atoms in total. The Morgan fingerprint density at radius 1 is 1.04 bits per heavy atom. The molecule has 0 aliphatic heterocycles. The Kier molecular flexibility index (Phi) is 6.52. The average molecular weight is 375 g/mol. The summed E-state index contributed by atoms with van der Waals surface area (Å²) in [6, 6.07) is 14.9. The van der Waals surface area contributed by atoms with Crippen molar-refractivity contribution in [3.8, 4) is 0 Å². The van der Waals surface area contributed by atoms with Crippen LogP contribution in [0.25, 0.3) is 0 Å². The number of amides is 1. The summed E-state index contributed by atoms with van der Waals surface area (Å²) in [6.07, 6.45) is 0. The van der Waals surface area contributed by atoms with E-state index in [1.54, 1.807) is 6.07 Å². The van der Waals surface area contributed by atoms with E-state index < -0.39 is 28.3 Å². The Bertz CT molecular complexity index is 878. The van der Waals surface area contributed by atoms with Crippen molar-refractivity contribution in [2.75, 3.05) is 12.4 Å². The molecule has 0 radical (unpaired) electrons. The highest BCUT2D eigenvalue weighted by molar-refractivity contribution is 7.91. The van der Waals surface area contributed by atoms with E-state index in [9.17, 15) is 18.0 Å². The monoisotopic (exact) mass is 375 g/mol. The SMILES string of the molecule is CCS(=O)(=O)c1ccccc1C(=O)OCC(=O)N[C@H](C)c1ccccc1. The van der Waals surface area contributed by atoms with Gasteiger partial charge in [-0.05, 0) is 24.6 Å². The fourth-order valence-electron chi connectivity index (χ4n) is 2.38. The van der Waals surface area contributed by atoms with E-state index in [1.165, 1.54) is 25.1 Å². The first-order valence-electron chi connectivity index (χ1n) is 8.18. The second-order valence-electron chi connectivity index (χ2n) is 5.68. The Morgan fingerprint density at radius 3 is 2.31 bits per heavy atom. The van der Waals surface area contributed by atoms with Gasteiger partial charge in [-0.15, -0.1) is 0 Å². The lowest BCUT2D eigenvalue weighted by atomic mass is 10.1. The van der Waals surface area contributed by atoms with Crippen LogP contribution in [0.2, 0.25) is 0 Å². The number of hydrogen-bond donors (Lipinski definition) is 1. The summed E-state index contributed by atoms with van der Waals surface area (Å²) in [4.78, 5) is 24.1. The summed E-state index contributed by atoms with van der Waals surface area (Å²) < 4.78 is 29.2. The smallest absolute Gasteiger partial charge is 0.339 e. The van der Waals surface area contributed by atoms with E-state index >= 15 is 0 Å². The van der Waals surface area contributed by atoms with Crippen molar-refractivity contribution in [2.24, 2.45) is 0 Å². The third kappa shape index (κ3) is 4.92. The van der Waals surface area contributed by atoms with Gasteiger partial charge in [-0.1, -0.05) is 49.4 Å². The zero-order valence-corrected chi connectivity index (χ0v) is 15.5. The molecule has 0 bridgehead atoms. The molecule has 2 aromatic carbocycles. The molecule has 0 heterocycles. The molecule has 0 aromatic heterocycles. The molecule has 0 spiro atoms. The number of ether oxygens (including phenoxy) is 1. The highest BCUT2D eigenvalue weighted by Gasteiger charge is 2.22. The maximum absolute atomic E-state index is 12.2. The molecule has 0 fully saturated rings. The minimum Gasteiger partial charge on any atom is -0.452 e. The Hall–Kier alpha value is -2.67. The van der Waals surface area contributed by atoms with Crippen molar-refractivity contribution in [1.29, 1.82) is 0 Å². The minimum absolute atomic E-state index is 0.0711. The van der Waals surface area contributed by atoms with Crippen LogP contribution in [0.4, 0.5) is 0 Å². The van der Waals surface area contributed by atoms with Gasteiger partial charge in [0.2, 0.25) is 0 Å². The lowest BCUT2D eigenvalue weighted by Crippen LogP contribution is -2.31. The second-order valence-corrected chi connectivity index (χ2v) is 7.92. The molecule has 7 heteroatoms. The number of carbonyl (C=O) groups excluding carboxylic acids is 2. The molecule has 0 unspecified atom stereocenters. The van der Waals surface area contributed by atoms with Gasteiger partial charge in [0.15, 0.2) is 16.4 Å². The van der Waals surface area contributed by atoms with Crippen LogP contribution in [0.5, 0.6) is 0 Å². The first kappa shape index (κ1) is 19.7. The highest BCUT2D eigenvalue weighted by Crippen LogP contribution is 2.18. The molecule has 138 valence electrons. The van der Waals surface area contributed by atoms with Crippen molar-refractivity contribution < 1.29 is 22.7 Å². The van der Waals surface area contributed by atoms with Crippen LogP contribution in [-0.2, 0) is 19.4 Å². The van der Waals surface area contributed by atoms with Crippen LogP contribution in [0.15, 0.2) is 59.5 Å². The predicted molar refractivity (Wildman–Crippen MR) is 97.5 cm³/mol. The molecule has 0 aliphatic carbocycles. The molecule has 0 aliphatic rings. The number of rotatable bonds is 7. The van der Waals surface area contributed by atoms with Gasteiger partial charge in [0.1, 0.15) is 0 Å². The van der Waals surface area contributed by atoms with E-state index in [0.717, 1.165) is 5.56 Å². The summed E-state index contributed by atoms with van der Waals surface area (Å²) in [5, 5.41) is 2.72. The van der Waals surface area contributed by atoms with Gasteiger partial charge in [-0.2, -0.15) is 0 Å². The molecule has 26 heavy (non-hydrogen) atoms. The fourth-order valence-corrected chi connectivity index (χ4v) is 3.46. The molecule has 1 atom stereocenters. The van der Waals surface area contributed by atoms with Crippen molar-refractivity contribution in [3.05, 3.63) is 65.7 Å². The molecule has 0 saturated carbocycles. The van der Waals surface area contributed by atoms with E-state index in [-0.39, 0.29) is 22.3 Å². The quantitative estimate of drug-likeness (QED) is 0.751. The summed E-state index contributed by atoms with van der Waals surface area (Å²) in [5.74, 6) is -1.45. The lowest BCUT2D eigenvalue weighted by molar-refractivity contribution is -0.124. The molecule has 1 N–H and O–H groups in total. The van der Waals surface area contributed by atoms with Gasteiger partial charge in [0.05, 0.1) is 22.3 Å². The molecule has 0 saturated heterocycles. The normalized spacial score (nSPS) is 12.2. The van der Waals surface area contributed by atoms with Gasteiger partial charge in [-0.25, -0.2) is 13.2 Å². The number of esters is 1. The molecular formula is C19H21NO5S. The molecule has 2 rings (SSSR count). The largest absolute Gasteiger partial charge is 0.452 e. The van der Waals surface area contributed by atoms with Crippen molar-refractivity contribution in [2.45, 2.75) is 24.8 Å². The molecular weight excluding hydrogens is 354 g/mol. The van der Waals surface area contributed by atoms with Gasteiger partial charge in [-0.3, -0.25) is 4.79 Å². The van der Waals surface area contributed by atoms with Crippen LogP contribution < -0.4 is 5.32 Å².